The van der Waals surface area contributed by atoms with Crippen molar-refractivity contribution >= 4 is 16.8 Å². The zero-order chi connectivity index (χ0) is 16.6. The summed E-state index contributed by atoms with van der Waals surface area (Å²) in [4.78, 5) is 31.1. The summed E-state index contributed by atoms with van der Waals surface area (Å²) in [6.07, 6.45) is 3.52. The van der Waals surface area contributed by atoms with Gasteiger partial charge in [0.2, 0.25) is 5.91 Å². The van der Waals surface area contributed by atoms with Gasteiger partial charge in [0.15, 0.2) is 0 Å². The molecule has 1 heterocycles. The van der Waals surface area contributed by atoms with Crippen LogP contribution in [0.5, 0.6) is 0 Å². The number of primary amides is 1. The molecule has 122 valence electrons. The number of rotatable bonds is 4. The Morgan fingerprint density at radius 1 is 1.35 bits per heavy atom. The minimum atomic E-state index is -0.622. The minimum Gasteiger partial charge on any atom is -0.368 e. The third-order valence-corrected chi connectivity index (χ3v) is 5.07. The Labute approximate surface area is 134 Å². The van der Waals surface area contributed by atoms with Gasteiger partial charge in [-0.1, -0.05) is 25.0 Å². The molecule has 1 aliphatic rings. The standard InChI is InChI=1S/C17H22N4O2/c1-20(17(16(18)23)9-5-6-10-17)11-14-19-13-8-4-3-7-12(13)15(22)21(14)2/h3-4,7-8H,5-6,9-11H2,1-2H3,(H2,18,23). The first-order valence-corrected chi connectivity index (χ1v) is 7.91. The molecule has 2 aromatic rings. The second kappa shape index (κ2) is 5.77. The number of aromatic nitrogens is 2. The van der Waals surface area contributed by atoms with Crippen molar-refractivity contribution in [3.05, 3.63) is 40.4 Å². The number of benzene rings is 1. The molecule has 0 spiro atoms. The maximum atomic E-state index is 12.5. The number of amides is 1. The van der Waals surface area contributed by atoms with Crippen molar-refractivity contribution < 1.29 is 4.79 Å². The first kappa shape index (κ1) is 15.7. The van der Waals surface area contributed by atoms with Gasteiger partial charge in [-0.2, -0.15) is 0 Å². The van der Waals surface area contributed by atoms with Crippen LogP contribution in [-0.4, -0.2) is 32.9 Å². The van der Waals surface area contributed by atoms with E-state index in [0.717, 1.165) is 25.7 Å². The number of hydrogen-bond acceptors (Lipinski definition) is 4. The monoisotopic (exact) mass is 314 g/mol. The van der Waals surface area contributed by atoms with Crippen LogP contribution in [0.25, 0.3) is 10.9 Å². The van der Waals surface area contributed by atoms with Gasteiger partial charge in [-0.25, -0.2) is 4.98 Å². The van der Waals surface area contributed by atoms with Crippen LogP contribution >= 0.6 is 0 Å². The number of para-hydroxylation sites is 1. The summed E-state index contributed by atoms with van der Waals surface area (Å²) in [6, 6.07) is 7.31. The smallest absolute Gasteiger partial charge is 0.261 e. The molecule has 1 aromatic heterocycles. The summed E-state index contributed by atoms with van der Waals surface area (Å²) >= 11 is 0. The topological polar surface area (TPSA) is 81.2 Å². The number of carbonyl (C=O) groups excluding carboxylic acids is 1. The Balaban J connectivity index is 1.99. The first-order chi connectivity index (χ1) is 11.0. The van der Waals surface area contributed by atoms with Crippen LogP contribution in [0.3, 0.4) is 0 Å². The van der Waals surface area contributed by atoms with E-state index in [1.54, 1.807) is 17.7 Å². The molecule has 1 aromatic carbocycles. The van der Waals surface area contributed by atoms with Crippen molar-refractivity contribution in [2.45, 2.75) is 37.8 Å². The molecule has 6 nitrogen and oxygen atoms in total. The lowest BCUT2D eigenvalue weighted by Gasteiger charge is -2.35. The van der Waals surface area contributed by atoms with Crippen molar-refractivity contribution in [3.8, 4) is 0 Å². The largest absolute Gasteiger partial charge is 0.368 e. The van der Waals surface area contributed by atoms with Crippen LogP contribution in [0.15, 0.2) is 29.1 Å². The highest BCUT2D eigenvalue weighted by atomic mass is 16.1. The highest BCUT2D eigenvalue weighted by Gasteiger charge is 2.43. The van der Waals surface area contributed by atoms with E-state index in [-0.39, 0.29) is 11.5 Å². The Morgan fingerprint density at radius 2 is 2.00 bits per heavy atom. The Bertz CT molecular complexity index is 806. The molecule has 0 aliphatic heterocycles. The Morgan fingerprint density at radius 3 is 2.65 bits per heavy atom. The molecule has 0 atom stereocenters. The van der Waals surface area contributed by atoms with E-state index >= 15 is 0 Å². The molecule has 0 radical (unpaired) electrons. The lowest BCUT2D eigenvalue weighted by atomic mass is 9.94. The normalized spacial score (nSPS) is 17.0. The van der Waals surface area contributed by atoms with Crippen LogP contribution in [0.2, 0.25) is 0 Å². The second-order valence-corrected chi connectivity index (χ2v) is 6.37. The summed E-state index contributed by atoms with van der Waals surface area (Å²) in [5.74, 6) is 0.354. The fourth-order valence-electron chi connectivity index (χ4n) is 3.54. The zero-order valence-corrected chi connectivity index (χ0v) is 13.6. The van der Waals surface area contributed by atoms with Crippen molar-refractivity contribution in [2.24, 2.45) is 12.8 Å². The molecule has 0 saturated heterocycles. The van der Waals surface area contributed by atoms with Crippen molar-refractivity contribution in [1.82, 2.24) is 14.5 Å². The van der Waals surface area contributed by atoms with Gasteiger partial charge in [-0.3, -0.25) is 19.1 Å². The second-order valence-electron chi connectivity index (χ2n) is 6.37. The lowest BCUT2D eigenvalue weighted by Crippen LogP contribution is -2.54. The summed E-state index contributed by atoms with van der Waals surface area (Å²) in [6.45, 7) is 0.416. The quantitative estimate of drug-likeness (QED) is 0.918. The van der Waals surface area contributed by atoms with Gasteiger partial charge < -0.3 is 5.73 Å². The Hall–Kier alpha value is -2.21. The number of fused-ring (bicyclic) bond motifs is 1. The number of hydrogen-bond donors (Lipinski definition) is 1. The predicted octanol–water partition coefficient (Wildman–Crippen LogP) is 1.16. The molecule has 0 bridgehead atoms. The van der Waals surface area contributed by atoms with Crippen LogP contribution in [0.1, 0.15) is 31.5 Å². The average molecular weight is 314 g/mol. The lowest BCUT2D eigenvalue weighted by molar-refractivity contribution is -0.129. The number of carbonyl (C=O) groups is 1. The van der Waals surface area contributed by atoms with E-state index in [9.17, 15) is 9.59 Å². The van der Waals surface area contributed by atoms with Gasteiger partial charge in [0.1, 0.15) is 11.4 Å². The van der Waals surface area contributed by atoms with Gasteiger partial charge in [-0.05, 0) is 32.0 Å². The average Bonchev–Trinajstić information content (AvgIpc) is 3.03. The van der Waals surface area contributed by atoms with Crippen molar-refractivity contribution in [2.75, 3.05) is 7.05 Å². The molecule has 2 N–H and O–H groups in total. The molecule has 1 fully saturated rings. The van der Waals surface area contributed by atoms with E-state index in [1.807, 2.05) is 30.1 Å². The molecule has 23 heavy (non-hydrogen) atoms. The van der Waals surface area contributed by atoms with Gasteiger partial charge in [-0.15, -0.1) is 0 Å². The third-order valence-electron chi connectivity index (χ3n) is 5.07. The molecule has 3 rings (SSSR count). The summed E-state index contributed by atoms with van der Waals surface area (Å²) in [7, 11) is 3.61. The minimum absolute atomic E-state index is 0.0708. The van der Waals surface area contributed by atoms with Crippen LogP contribution in [0.4, 0.5) is 0 Å². The van der Waals surface area contributed by atoms with E-state index in [0.29, 0.717) is 23.3 Å². The molecule has 1 saturated carbocycles. The van der Waals surface area contributed by atoms with Crippen LogP contribution in [-0.2, 0) is 18.4 Å². The van der Waals surface area contributed by atoms with E-state index < -0.39 is 5.54 Å². The van der Waals surface area contributed by atoms with E-state index in [1.165, 1.54) is 0 Å². The number of nitrogens with zero attached hydrogens (tertiary/aromatic N) is 3. The SMILES string of the molecule is CN(Cc1nc2ccccc2c(=O)n1C)C1(C(N)=O)CCCC1. The van der Waals surface area contributed by atoms with Crippen molar-refractivity contribution in [1.29, 1.82) is 0 Å². The molecule has 0 unspecified atom stereocenters. The molecular weight excluding hydrogens is 292 g/mol. The zero-order valence-electron chi connectivity index (χ0n) is 13.6. The predicted molar refractivity (Wildman–Crippen MR) is 88.8 cm³/mol. The summed E-state index contributed by atoms with van der Waals surface area (Å²) in [5, 5.41) is 0.604. The van der Waals surface area contributed by atoms with Crippen LogP contribution < -0.4 is 11.3 Å². The molecule has 6 heteroatoms. The molecular formula is C17H22N4O2. The number of likely N-dealkylation sites (N-methyl/N-ethyl adjacent to an activating group) is 1. The fraction of sp³-hybridized carbons (Fsp3) is 0.471. The summed E-state index contributed by atoms with van der Waals surface area (Å²) in [5.41, 5.74) is 5.66. The maximum absolute atomic E-state index is 12.5. The third kappa shape index (κ3) is 2.53. The fourth-order valence-corrected chi connectivity index (χ4v) is 3.54. The first-order valence-electron chi connectivity index (χ1n) is 7.91. The summed E-state index contributed by atoms with van der Waals surface area (Å²) < 4.78 is 1.56. The van der Waals surface area contributed by atoms with Gasteiger partial charge >= 0.3 is 0 Å². The van der Waals surface area contributed by atoms with Gasteiger partial charge in [0.05, 0.1) is 17.4 Å². The molecule has 1 amide bonds. The van der Waals surface area contributed by atoms with Gasteiger partial charge in [0, 0.05) is 7.05 Å². The number of nitrogens with two attached hydrogens (primary N) is 1. The Kier molecular flexibility index (Phi) is 3.93. The highest BCUT2D eigenvalue weighted by molar-refractivity contribution is 5.85. The van der Waals surface area contributed by atoms with E-state index in [4.69, 9.17) is 5.73 Å². The maximum Gasteiger partial charge on any atom is 0.261 e. The van der Waals surface area contributed by atoms with Crippen LogP contribution in [0, 0.1) is 0 Å². The molecule has 1 aliphatic carbocycles. The van der Waals surface area contributed by atoms with E-state index in [2.05, 4.69) is 4.98 Å². The highest BCUT2D eigenvalue weighted by Crippen LogP contribution is 2.35. The van der Waals surface area contributed by atoms with Gasteiger partial charge in [0.25, 0.3) is 5.56 Å². The van der Waals surface area contributed by atoms with Crippen molar-refractivity contribution in [3.63, 3.8) is 0 Å².